The van der Waals surface area contributed by atoms with Crippen LogP contribution in [0.4, 0.5) is 4.79 Å². The fourth-order valence-electron chi connectivity index (χ4n) is 5.14. The molecule has 1 saturated heterocycles. The molecule has 0 spiro atoms. The topological polar surface area (TPSA) is 83.1 Å². The maximum absolute atomic E-state index is 13.0. The van der Waals surface area contributed by atoms with E-state index in [4.69, 9.17) is 18.8 Å². The first kappa shape index (κ1) is 27.7. The molecule has 3 aromatic carbocycles. The van der Waals surface area contributed by atoms with Crippen LogP contribution in [-0.4, -0.2) is 50.6 Å². The molecule has 206 valence electrons. The van der Waals surface area contributed by atoms with Crippen molar-refractivity contribution in [3.05, 3.63) is 101 Å². The van der Waals surface area contributed by atoms with Crippen molar-refractivity contribution in [1.82, 2.24) is 5.32 Å². The van der Waals surface area contributed by atoms with Crippen molar-refractivity contribution in [2.45, 2.75) is 44.8 Å². The van der Waals surface area contributed by atoms with Gasteiger partial charge in [-0.25, -0.2) is 9.59 Å². The van der Waals surface area contributed by atoms with Gasteiger partial charge in [-0.1, -0.05) is 72.8 Å². The van der Waals surface area contributed by atoms with Crippen molar-refractivity contribution in [3.8, 4) is 11.1 Å². The Labute approximate surface area is 235 Å². The molecular weight excluding hydrogens is 505 g/mol. The summed E-state index contributed by atoms with van der Waals surface area (Å²) in [5, 5.41) is 2.86. The summed E-state index contributed by atoms with van der Waals surface area (Å²) in [5.41, 5.74) is 5.15. The second-order valence-corrected chi connectivity index (χ2v) is 11.1. The van der Waals surface area contributed by atoms with E-state index in [2.05, 4.69) is 29.6 Å². The molecule has 2 aliphatic rings. The molecular formula is C32H34BNO6. The van der Waals surface area contributed by atoms with Gasteiger partial charge in [0.05, 0.1) is 23.9 Å². The summed E-state index contributed by atoms with van der Waals surface area (Å²) in [6, 6.07) is 23.5. The molecule has 40 heavy (non-hydrogen) atoms. The van der Waals surface area contributed by atoms with Crippen LogP contribution in [0, 0.1) is 0 Å². The Balaban J connectivity index is 1.34. The van der Waals surface area contributed by atoms with Gasteiger partial charge in [0.25, 0.3) is 0 Å². The van der Waals surface area contributed by atoms with Gasteiger partial charge in [-0.2, -0.15) is 0 Å². The molecule has 0 saturated carbocycles. The highest BCUT2D eigenvalue weighted by atomic mass is 16.7. The van der Waals surface area contributed by atoms with Crippen LogP contribution in [-0.2, 0) is 18.8 Å². The number of carbonyl (C=O) groups is 2. The smallest absolute Gasteiger partial charge is 0.465 e. The number of rotatable bonds is 7. The number of alkyl carbamates (subject to hydrolysis) is 1. The Morgan fingerprint density at radius 3 is 2.02 bits per heavy atom. The van der Waals surface area contributed by atoms with Crippen LogP contribution in [0.15, 0.2) is 78.3 Å². The lowest BCUT2D eigenvalue weighted by Gasteiger charge is -2.32. The van der Waals surface area contributed by atoms with Crippen LogP contribution < -0.4 is 5.32 Å². The van der Waals surface area contributed by atoms with Gasteiger partial charge < -0.3 is 24.1 Å². The second kappa shape index (κ2) is 10.9. The predicted octanol–water partition coefficient (Wildman–Crippen LogP) is 6.03. The molecule has 1 fully saturated rings. The SMILES string of the molecule is COC(=O)c1ccccc1C=C(CNC(=O)OCC1c2ccccc2-c2ccccc21)B1OC(C)(C)C(C)(C)O1. The maximum Gasteiger partial charge on any atom is 0.492 e. The molecule has 1 aliphatic carbocycles. The van der Waals surface area contributed by atoms with Crippen molar-refractivity contribution in [2.24, 2.45) is 0 Å². The Morgan fingerprint density at radius 2 is 1.43 bits per heavy atom. The minimum atomic E-state index is -0.732. The summed E-state index contributed by atoms with van der Waals surface area (Å²) in [4.78, 5) is 25.3. The Morgan fingerprint density at radius 1 is 0.875 bits per heavy atom. The molecule has 0 aromatic heterocycles. The van der Waals surface area contributed by atoms with E-state index >= 15 is 0 Å². The monoisotopic (exact) mass is 539 g/mol. The Kier molecular flexibility index (Phi) is 7.58. The second-order valence-electron chi connectivity index (χ2n) is 11.1. The van der Waals surface area contributed by atoms with E-state index in [1.54, 1.807) is 18.2 Å². The van der Waals surface area contributed by atoms with Gasteiger partial charge in [0.2, 0.25) is 0 Å². The van der Waals surface area contributed by atoms with Crippen molar-refractivity contribution >= 4 is 25.3 Å². The molecule has 1 amide bonds. The summed E-state index contributed by atoms with van der Waals surface area (Å²) in [6.45, 7) is 8.17. The van der Waals surface area contributed by atoms with Crippen LogP contribution in [0.2, 0.25) is 0 Å². The molecule has 3 aromatic rings. The lowest BCUT2D eigenvalue weighted by atomic mass is 9.76. The molecule has 0 unspecified atom stereocenters. The summed E-state index contributed by atoms with van der Waals surface area (Å²) >= 11 is 0. The Hall–Kier alpha value is -3.88. The lowest BCUT2D eigenvalue weighted by Crippen LogP contribution is -2.41. The zero-order valence-corrected chi connectivity index (χ0v) is 23.5. The summed E-state index contributed by atoms with van der Waals surface area (Å²) < 4.78 is 23.2. The van der Waals surface area contributed by atoms with Crippen LogP contribution in [0.3, 0.4) is 0 Å². The number of nitrogens with one attached hydrogen (secondary N) is 1. The largest absolute Gasteiger partial charge is 0.492 e. The van der Waals surface area contributed by atoms with Crippen molar-refractivity contribution in [2.75, 3.05) is 20.3 Å². The molecule has 1 aliphatic heterocycles. The standard InChI is InChI=1S/C32H34BNO6/c1-31(2)32(3,4)40-33(39-31)22(18-21-12-6-7-13-23(21)29(35)37-5)19-34-30(36)38-20-28-26-16-10-8-14-24(26)25-15-9-11-17-27(25)28/h6-18,28H,19-20H2,1-5H3,(H,34,36). The number of fused-ring (bicyclic) bond motifs is 3. The number of hydrogen-bond donors (Lipinski definition) is 1. The number of carbonyl (C=O) groups excluding carboxylic acids is 2. The van der Waals surface area contributed by atoms with Crippen LogP contribution in [0.5, 0.6) is 0 Å². The lowest BCUT2D eigenvalue weighted by molar-refractivity contribution is 0.00578. The minimum Gasteiger partial charge on any atom is -0.465 e. The third-order valence-electron chi connectivity index (χ3n) is 8.04. The molecule has 7 nitrogen and oxygen atoms in total. The molecule has 0 radical (unpaired) electrons. The van der Waals surface area contributed by atoms with Crippen molar-refractivity contribution in [3.63, 3.8) is 0 Å². The van der Waals surface area contributed by atoms with Crippen LogP contribution in [0.25, 0.3) is 17.2 Å². The highest BCUT2D eigenvalue weighted by Crippen LogP contribution is 2.44. The minimum absolute atomic E-state index is 0.0387. The van der Waals surface area contributed by atoms with E-state index < -0.39 is 30.4 Å². The number of methoxy groups -OCH3 is 1. The maximum atomic E-state index is 13.0. The molecule has 8 heteroatoms. The Bertz CT molecular complexity index is 1400. The van der Waals surface area contributed by atoms with Crippen LogP contribution >= 0.6 is 0 Å². The van der Waals surface area contributed by atoms with Gasteiger partial charge in [-0.3, -0.25) is 0 Å². The molecule has 1 heterocycles. The molecule has 0 bridgehead atoms. The number of ether oxygens (including phenoxy) is 2. The van der Waals surface area contributed by atoms with E-state index in [-0.39, 0.29) is 19.1 Å². The first-order valence-electron chi connectivity index (χ1n) is 13.4. The van der Waals surface area contributed by atoms with E-state index in [0.717, 1.165) is 11.1 Å². The van der Waals surface area contributed by atoms with Gasteiger partial charge in [-0.05, 0) is 67.1 Å². The highest BCUT2D eigenvalue weighted by Gasteiger charge is 2.52. The third kappa shape index (κ3) is 5.29. The van der Waals surface area contributed by atoms with Gasteiger partial charge in [-0.15, -0.1) is 0 Å². The number of amides is 1. The van der Waals surface area contributed by atoms with Gasteiger partial charge >= 0.3 is 19.2 Å². The van der Waals surface area contributed by atoms with Crippen molar-refractivity contribution in [1.29, 1.82) is 0 Å². The average molecular weight is 539 g/mol. The zero-order valence-electron chi connectivity index (χ0n) is 23.5. The normalized spacial score (nSPS) is 17.2. The van der Waals surface area contributed by atoms with Crippen molar-refractivity contribution < 1.29 is 28.4 Å². The van der Waals surface area contributed by atoms with E-state index in [1.165, 1.54) is 18.2 Å². The fourth-order valence-corrected chi connectivity index (χ4v) is 5.14. The fraction of sp³-hybridized carbons (Fsp3) is 0.312. The van der Waals surface area contributed by atoms with E-state index in [0.29, 0.717) is 16.6 Å². The number of benzene rings is 3. The van der Waals surface area contributed by atoms with Gasteiger partial charge in [0.1, 0.15) is 6.61 Å². The molecule has 5 rings (SSSR count). The first-order valence-corrected chi connectivity index (χ1v) is 13.4. The van der Waals surface area contributed by atoms with Gasteiger partial charge in [0, 0.05) is 12.5 Å². The quantitative estimate of drug-likeness (QED) is 0.292. The summed E-state index contributed by atoms with van der Waals surface area (Å²) in [6.07, 6.45) is 1.25. The predicted molar refractivity (Wildman–Crippen MR) is 155 cm³/mol. The highest BCUT2D eigenvalue weighted by molar-refractivity contribution is 6.56. The van der Waals surface area contributed by atoms with E-state index in [1.807, 2.05) is 64.1 Å². The van der Waals surface area contributed by atoms with Gasteiger partial charge in [0.15, 0.2) is 0 Å². The first-order chi connectivity index (χ1) is 19.1. The zero-order chi connectivity index (χ0) is 28.5. The number of esters is 1. The third-order valence-corrected chi connectivity index (χ3v) is 8.04. The number of hydrogen-bond acceptors (Lipinski definition) is 6. The van der Waals surface area contributed by atoms with Crippen LogP contribution in [0.1, 0.15) is 60.7 Å². The average Bonchev–Trinajstić information content (AvgIpc) is 3.38. The summed E-state index contributed by atoms with van der Waals surface area (Å²) in [5.74, 6) is -0.493. The van der Waals surface area contributed by atoms with E-state index in [9.17, 15) is 9.59 Å². The summed E-state index contributed by atoms with van der Waals surface area (Å²) in [7, 11) is 0.612. The molecule has 0 atom stereocenters. The molecule has 1 N–H and O–H groups in total.